The topological polar surface area (TPSA) is 60.9 Å². The zero-order chi connectivity index (χ0) is 18.8. The van der Waals surface area contributed by atoms with Crippen LogP contribution in [0, 0.1) is 0 Å². The van der Waals surface area contributed by atoms with Crippen LogP contribution in [-0.2, 0) is 22.6 Å². The van der Waals surface area contributed by atoms with E-state index in [0.717, 1.165) is 11.1 Å². The van der Waals surface area contributed by atoms with Gasteiger partial charge >= 0.3 is 0 Å². The molecule has 140 valence electrons. The number of aliphatic hydroxyl groups is 1. The molecule has 1 N–H and O–H groups in total. The zero-order valence-electron chi connectivity index (χ0n) is 15.2. The van der Waals surface area contributed by atoms with E-state index in [1.807, 2.05) is 60.7 Å². The normalized spacial score (nSPS) is 25.0. The zero-order valence-corrected chi connectivity index (χ0v) is 15.2. The van der Waals surface area contributed by atoms with Crippen molar-refractivity contribution in [3.8, 4) is 0 Å². The van der Waals surface area contributed by atoms with Crippen LogP contribution in [0.1, 0.15) is 24.0 Å². The number of hydrogen-bond acceptors (Lipinski definition) is 3. The molecule has 2 aromatic carbocycles. The van der Waals surface area contributed by atoms with Gasteiger partial charge in [0.2, 0.25) is 11.8 Å². The molecule has 2 aromatic rings. The summed E-state index contributed by atoms with van der Waals surface area (Å²) in [7, 11) is 0. The molecule has 27 heavy (non-hydrogen) atoms. The van der Waals surface area contributed by atoms with Crippen molar-refractivity contribution in [1.29, 1.82) is 0 Å². The van der Waals surface area contributed by atoms with Crippen LogP contribution in [0.3, 0.4) is 0 Å². The summed E-state index contributed by atoms with van der Waals surface area (Å²) >= 11 is 0. The second kappa shape index (κ2) is 7.53. The lowest BCUT2D eigenvalue weighted by Gasteiger charge is -2.43. The van der Waals surface area contributed by atoms with E-state index >= 15 is 0 Å². The fourth-order valence-electron chi connectivity index (χ4n) is 4.17. The number of benzene rings is 2. The van der Waals surface area contributed by atoms with Crippen molar-refractivity contribution in [1.82, 2.24) is 9.80 Å². The van der Waals surface area contributed by atoms with Gasteiger partial charge in [0, 0.05) is 13.1 Å². The predicted octanol–water partition coefficient (Wildman–Crippen LogP) is 1.99. The minimum absolute atomic E-state index is 0.0389. The van der Waals surface area contributed by atoms with Gasteiger partial charge in [0.05, 0.1) is 6.10 Å². The lowest BCUT2D eigenvalue weighted by molar-refractivity contribution is -0.164. The van der Waals surface area contributed by atoms with Gasteiger partial charge in [-0.3, -0.25) is 9.59 Å². The molecule has 2 bridgehead atoms. The second-order valence-corrected chi connectivity index (χ2v) is 7.32. The van der Waals surface area contributed by atoms with Gasteiger partial charge in [-0.15, -0.1) is 0 Å². The third kappa shape index (κ3) is 3.47. The van der Waals surface area contributed by atoms with E-state index in [4.69, 9.17) is 0 Å². The summed E-state index contributed by atoms with van der Waals surface area (Å²) in [5.74, 6) is -0.176. The van der Waals surface area contributed by atoms with E-state index in [2.05, 4.69) is 0 Å². The van der Waals surface area contributed by atoms with E-state index in [9.17, 15) is 14.7 Å². The van der Waals surface area contributed by atoms with Gasteiger partial charge < -0.3 is 14.9 Å². The Morgan fingerprint density at radius 3 is 2.11 bits per heavy atom. The number of hydrogen-bond donors (Lipinski definition) is 1. The summed E-state index contributed by atoms with van der Waals surface area (Å²) in [6.07, 6.45) is 0.855. The maximum absolute atomic E-state index is 13.2. The van der Waals surface area contributed by atoms with Crippen LogP contribution in [0.25, 0.3) is 0 Å². The Balaban J connectivity index is 1.56. The summed E-state index contributed by atoms with van der Waals surface area (Å²) in [6, 6.07) is 18.4. The fraction of sp³-hybridized carbons (Fsp3) is 0.364. The van der Waals surface area contributed by atoms with Gasteiger partial charge in [0.1, 0.15) is 12.1 Å². The molecule has 0 unspecified atom stereocenters. The first-order valence-electron chi connectivity index (χ1n) is 9.52. The monoisotopic (exact) mass is 364 g/mol. The smallest absolute Gasteiger partial charge is 0.249 e. The van der Waals surface area contributed by atoms with Crippen LogP contribution in [0.5, 0.6) is 0 Å². The number of carbonyl (C=O) groups is 2. The van der Waals surface area contributed by atoms with E-state index in [0.29, 0.717) is 32.4 Å². The van der Waals surface area contributed by atoms with Gasteiger partial charge in [-0.05, 0) is 30.4 Å². The highest BCUT2D eigenvalue weighted by Gasteiger charge is 2.51. The number of piperazine rings is 1. The second-order valence-electron chi connectivity index (χ2n) is 7.32. The van der Waals surface area contributed by atoms with Crippen molar-refractivity contribution in [2.75, 3.05) is 6.54 Å². The lowest BCUT2D eigenvalue weighted by atomic mass is 10.0. The number of rotatable bonds is 5. The number of aliphatic hydroxyl groups excluding tert-OH is 1. The summed E-state index contributed by atoms with van der Waals surface area (Å²) in [5.41, 5.74) is 2.12. The lowest BCUT2D eigenvalue weighted by Crippen LogP contribution is -2.65. The Kier molecular flexibility index (Phi) is 4.94. The van der Waals surface area contributed by atoms with Crippen molar-refractivity contribution < 1.29 is 14.7 Å². The van der Waals surface area contributed by atoms with Gasteiger partial charge in [0.15, 0.2) is 0 Å². The number of nitrogens with zero attached hydrogens (tertiary/aromatic N) is 2. The summed E-state index contributed by atoms with van der Waals surface area (Å²) in [4.78, 5) is 29.6. The van der Waals surface area contributed by atoms with E-state index in [1.54, 1.807) is 9.80 Å². The molecule has 2 amide bonds. The largest absolute Gasteiger partial charge is 0.390 e. The van der Waals surface area contributed by atoms with Crippen LogP contribution in [-0.4, -0.2) is 51.5 Å². The first kappa shape index (κ1) is 17.7. The van der Waals surface area contributed by atoms with Crippen LogP contribution >= 0.6 is 0 Å². The number of fused-ring (bicyclic) bond motifs is 4. The molecular weight excluding hydrogens is 340 g/mol. The molecule has 3 fully saturated rings. The molecule has 0 spiro atoms. The molecule has 5 nitrogen and oxygen atoms in total. The van der Waals surface area contributed by atoms with Crippen molar-refractivity contribution in [2.24, 2.45) is 0 Å². The molecule has 0 aromatic heterocycles. The van der Waals surface area contributed by atoms with E-state index < -0.39 is 18.2 Å². The Morgan fingerprint density at radius 2 is 1.44 bits per heavy atom. The molecule has 0 saturated carbocycles. The van der Waals surface area contributed by atoms with E-state index in [-0.39, 0.29) is 11.8 Å². The van der Waals surface area contributed by atoms with Crippen LogP contribution in [0.2, 0.25) is 0 Å². The molecule has 3 heterocycles. The highest BCUT2D eigenvalue weighted by Crippen LogP contribution is 2.31. The first-order valence-corrected chi connectivity index (χ1v) is 9.52. The Bertz CT molecular complexity index is 809. The molecule has 0 aliphatic carbocycles. The molecular formula is C22H24N2O3. The molecule has 3 aliphatic heterocycles. The van der Waals surface area contributed by atoms with E-state index in [1.165, 1.54) is 0 Å². The molecule has 0 radical (unpaired) electrons. The average Bonchev–Trinajstić information content (AvgIpc) is 2.89. The van der Waals surface area contributed by atoms with Crippen LogP contribution < -0.4 is 0 Å². The van der Waals surface area contributed by atoms with Gasteiger partial charge in [0.25, 0.3) is 0 Å². The highest BCUT2D eigenvalue weighted by molar-refractivity contribution is 5.98. The molecule has 5 heteroatoms. The van der Waals surface area contributed by atoms with Gasteiger partial charge in [-0.2, -0.15) is 0 Å². The summed E-state index contributed by atoms with van der Waals surface area (Å²) in [6.45, 7) is 0.859. The van der Waals surface area contributed by atoms with Gasteiger partial charge in [-0.1, -0.05) is 60.7 Å². The van der Waals surface area contributed by atoms with Crippen LogP contribution in [0.15, 0.2) is 60.7 Å². The average molecular weight is 364 g/mol. The maximum atomic E-state index is 13.2. The fourth-order valence-corrected chi connectivity index (χ4v) is 4.17. The maximum Gasteiger partial charge on any atom is 0.249 e. The van der Waals surface area contributed by atoms with Crippen molar-refractivity contribution >= 4 is 11.8 Å². The van der Waals surface area contributed by atoms with Crippen molar-refractivity contribution in [3.63, 3.8) is 0 Å². The van der Waals surface area contributed by atoms with Crippen molar-refractivity contribution in [3.05, 3.63) is 71.8 Å². The standard InChI is InChI=1S/C22H24N2O3/c25-19-12-11-18-21(26)23(14-13-16-7-3-1-4-8-16)20(19)22(27)24(18)15-17-9-5-2-6-10-17/h1-10,18-20,25H,11-15H2/t18-,19+,20-/m0/s1. The number of amides is 2. The highest BCUT2D eigenvalue weighted by atomic mass is 16.3. The SMILES string of the molecule is O=C1[C@@H]2CC[C@@H](O)[C@@H](C(=O)N2Cc2ccccc2)N1CCc1ccccc1. The minimum atomic E-state index is -0.803. The number of carbonyl (C=O) groups excluding carboxylic acids is 2. The molecule has 3 saturated heterocycles. The summed E-state index contributed by atoms with van der Waals surface area (Å²) < 4.78 is 0. The molecule has 3 atom stereocenters. The van der Waals surface area contributed by atoms with Crippen molar-refractivity contribution in [2.45, 2.75) is 44.0 Å². The Morgan fingerprint density at radius 1 is 0.815 bits per heavy atom. The first-order chi connectivity index (χ1) is 13.1. The molecule has 5 rings (SSSR count). The Labute approximate surface area is 159 Å². The third-order valence-corrected chi connectivity index (χ3v) is 5.60. The van der Waals surface area contributed by atoms with Gasteiger partial charge in [-0.25, -0.2) is 0 Å². The third-order valence-electron chi connectivity index (χ3n) is 5.60. The predicted molar refractivity (Wildman–Crippen MR) is 102 cm³/mol. The molecule has 3 aliphatic rings. The quantitative estimate of drug-likeness (QED) is 0.883. The van der Waals surface area contributed by atoms with Crippen LogP contribution in [0.4, 0.5) is 0 Å². The minimum Gasteiger partial charge on any atom is -0.390 e. The summed E-state index contributed by atoms with van der Waals surface area (Å²) in [5, 5.41) is 10.6. The Hall–Kier alpha value is -2.66.